The summed E-state index contributed by atoms with van der Waals surface area (Å²) in [7, 11) is 0. The van der Waals surface area contributed by atoms with Gasteiger partial charge in [0.1, 0.15) is 11.6 Å². The van der Waals surface area contributed by atoms with Crippen LogP contribution < -0.4 is 5.32 Å². The van der Waals surface area contributed by atoms with Crippen molar-refractivity contribution in [3.8, 4) is 5.69 Å². The molecule has 0 bridgehead atoms. The van der Waals surface area contributed by atoms with E-state index in [-0.39, 0.29) is 17.3 Å². The average Bonchev–Trinajstić information content (AvgIpc) is 3.13. The highest BCUT2D eigenvalue weighted by Crippen LogP contribution is 2.22. The summed E-state index contributed by atoms with van der Waals surface area (Å²) in [6.45, 7) is 11.8. The van der Waals surface area contributed by atoms with Crippen molar-refractivity contribution in [1.82, 2.24) is 19.6 Å². The lowest BCUT2D eigenvalue weighted by atomic mass is 10.1. The molecule has 3 rings (SSSR count). The number of aromatic nitrogens is 4. The highest BCUT2D eigenvalue weighted by atomic mass is 19.1. The average molecular weight is 395 g/mol. The summed E-state index contributed by atoms with van der Waals surface area (Å²) in [4.78, 5) is 12.5. The molecule has 152 valence electrons. The SMILES string of the molecule is Cc1cc(NC(=O)/C=C/c2c(C)nn(-c3ccc(F)cc3)c2C)n(C(C)(C)C)n1. The summed E-state index contributed by atoms with van der Waals surface area (Å²) in [6.07, 6.45) is 3.24. The fourth-order valence-electron chi connectivity index (χ4n) is 3.16. The molecule has 7 heteroatoms. The first kappa shape index (κ1) is 20.5. The number of nitrogens with zero attached hydrogens (tertiary/aromatic N) is 4. The minimum Gasteiger partial charge on any atom is -0.307 e. The van der Waals surface area contributed by atoms with E-state index >= 15 is 0 Å². The number of hydrogen-bond donors (Lipinski definition) is 1. The first-order valence-electron chi connectivity index (χ1n) is 9.44. The lowest BCUT2D eigenvalue weighted by molar-refractivity contribution is -0.111. The van der Waals surface area contributed by atoms with Gasteiger partial charge < -0.3 is 5.32 Å². The Bertz CT molecular complexity index is 1070. The van der Waals surface area contributed by atoms with Gasteiger partial charge in [-0.25, -0.2) is 13.8 Å². The largest absolute Gasteiger partial charge is 0.307 e. The number of carbonyl (C=O) groups is 1. The molecule has 0 radical (unpaired) electrons. The van der Waals surface area contributed by atoms with E-state index in [1.807, 2.05) is 47.6 Å². The van der Waals surface area contributed by atoms with Crippen molar-refractivity contribution in [3.63, 3.8) is 0 Å². The zero-order valence-corrected chi connectivity index (χ0v) is 17.6. The van der Waals surface area contributed by atoms with Gasteiger partial charge in [0.25, 0.3) is 0 Å². The van der Waals surface area contributed by atoms with Crippen LogP contribution >= 0.6 is 0 Å². The van der Waals surface area contributed by atoms with Gasteiger partial charge in [0.15, 0.2) is 0 Å². The number of rotatable bonds is 4. The van der Waals surface area contributed by atoms with Gasteiger partial charge in [0.2, 0.25) is 5.91 Å². The Labute approximate surface area is 170 Å². The van der Waals surface area contributed by atoms with E-state index in [0.29, 0.717) is 5.82 Å². The fourth-order valence-corrected chi connectivity index (χ4v) is 3.16. The van der Waals surface area contributed by atoms with Crippen LogP contribution in [0.1, 0.15) is 43.4 Å². The van der Waals surface area contributed by atoms with Crippen molar-refractivity contribution in [2.45, 2.75) is 47.1 Å². The van der Waals surface area contributed by atoms with E-state index < -0.39 is 0 Å². The van der Waals surface area contributed by atoms with Crippen molar-refractivity contribution in [3.05, 3.63) is 64.9 Å². The number of amides is 1. The summed E-state index contributed by atoms with van der Waals surface area (Å²) in [6, 6.07) is 7.99. The maximum Gasteiger partial charge on any atom is 0.249 e. The third-order valence-electron chi connectivity index (χ3n) is 4.54. The Hall–Kier alpha value is -3.22. The molecule has 0 atom stereocenters. The van der Waals surface area contributed by atoms with E-state index in [9.17, 15) is 9.18 Å². The molecule has 0 unspecified atom stereocenters. The van der Waals surface area contributed by atoms with Crippen LogP contribution in [0.2, 0.25) is 0 Å². The van der Waals surface area contributed by atoms with Crippen LogP contribution in [0, 0.1) is 26.6 Å². The number of carbonyl (C=O) groups excluding carboxylic acids is 1. The lowest BCUT2D eigenvalue weighted by Gasteiger charge is -2.22. The highest BCUT2D eigenvalue weighted by Gasteiger charge is 2.19. The van der Waals surface area contributed by atoms with Crippen LogP contribution in [0.15, 0.2) is 36.4 Å². The number of anilines is 1. The molecule has 6 nitrogen and oxygen atoms in total. The van der Waals surface area contributed by atoms with Gasteiger partial charge >= 0.3 is 0 Å². The standard InChI is InChI=1S/C22H26FN5O/c1-14-13-20(28(25-14)22(4,5)6)24-21(29)12-11-19-15(2)26-27(16(19)3)18-9-7-17(23)8-10-18/h7-13H,1-6H3,(H,24,29)/b12-11+. The molecule has 0 spiro atoms. The van der Waals surface area contributed by atoms with E-state index in [4.69, 9.17) is 0 Å². The second kappa shape index (κ2) is 7.66. The van der Waals surface area contributed by atoms with Gasteiger partial charge in [-0.15, -0.1) is 0 Å². The molecule has 0 saturated heterocycles. The van der Waals surface area contributed by atoms with Crippen LogP contribution in [-0.2, 0) is 10.3 Å². The maximum atomic E-state index is 13.2. The summed E-state index contributed by atoms with van der Waals surface area (Å²) in [5.74, 6) is 0.112. The zero-order valence-electron chi connectivity index (χ0n) is 17.6. The van der Waals surface area contributed by atoms with Crippen LogP contribution in [0.4, 0.5) is 10.2 Å². The molecule has 3 aromatic rings. The topological polar surface area (TPSA) is 64.7 Å². The van der Waals surface area contributed by atoms with Gasteiger partial charge in [-0.3, -0.25) is 4.79 Å². The zero-order chi connectivity index (χ0) is 21.3. The first-order chi connectivity index (χ1) is 13.6. The molecular formula is C22H26FN5O. The van der Waals surface area contributed by atoms with Gasteiger partial charge in [-0.05, 0) is 71.9 Å². The number of nitrogens with one attached hydrogen (secondary N) is 1. The van der Waals surface area contributed by atoms with Gasteiger partial charge in [-0.2, -0.15) is 10.2 Å². The molecule has 2 heterocycles. The van der Waals surface area contributed by atoms with Gasteiger partial charge in [0.05, 0.1) is 22.6 Å². The Kier molecular flexibility index (Phi) is 5.42. The Morgan fingerprint density at radius 1 is 1.10 bits per heavy atom. The van der Waals surface area contributed by atoms with Crippen molar-refractivity contribution in [1.29, 1.82) is 0 Å². The van der Waals surface area contributed by atoms with Crippen molar-refractivity contribution >= 4 is 17.8 Å². The number of halogens is 1. The molecule has 2 aromatic heterocycles. The minimum absolute atomic E-state index is 0.246. The van der Waals surface area contributed by atoms with E-state index in [2.05, 4.69) is 15.5 Å². The third kappa shape index (κ3) is 4.45. The van der Waals surface area contributed by atoms with Crippen LogP contribution in [-0.4, -0.2) is 25.5 Å². The van der Waals surface area contributed by atoms with Crippen molar-refractivity contribution in [2.24, 2.45) is 0 Å². The predicted molar refractivity (Wildman–Crippen MR) is 113 cm³/mol. The summed E-state index contributed by atoms with van der Waals surface area (Å²) in [5, 5.41) is 11.9. The molecule has 29 heavy (non-hydrogen) atoms. The van der Waals surface area contributed by atoms with Gasteiger partial charge in [0, 0.05) is 23.4 Å². The summed E-state index contributed by atoms with van der Waals surface area (Å²) in [5.41, 5.74) is 3.86. The Morgan fingerprint density at radius 2 is 1.76 bits per heavy atom. The van der Waals surface area contributed by atoms with E-state index in [1.54, 1.807) is 27.6 Å². The van der Waals surface area contributed by atoms with Crippen LogP contribution in [0.25, 0.3) is 11.8 Å². The Morgan fingerprint density at radius 3 is 2.38 bits per heavy atom. The number of benzene rings is 1. The summed E-state index contributed by atoms with van der Waals surface area (Å²) < 4.78 is 16.7. The smallest absolute Gasteiger partial charge is 0.249 e. The molecule has 1 aromatic carbocycles. The lowest BCUT2D eigenvalue weighted by Crippen LogP contribution is -2.26. The molecular weight excluding hydrogens is 369 g/mol. The van der Waals surface area contributed by atoms with Crippen molar-refractivity contribution < 1.29 is 9.18 Å². The van der Waals surface area contributed by atoms with Gasteiger partial charge in [-0.1, -0.05) is 0 Å². The normalized spacial score (nSPS) is 12.0. The molecule has 1 N–H and O–H groups in total. The molecule has 0 saturated carbocycles. The first-order valence-corrected chi connectivity index (χ1v) is 9.44. The molecule has 0 aliphatic carbocycles. The van der Waals surface area contributed by atoms with E-state index in [0.717, 1.165) is 28.3 Å². The second-order valence-corrected chi connectivity index (χ2v) is 8.05. The van der Waals surface area contributed by atoms with Crippen LogP contribution in [0.5, 0.6) is 0 Å². The number of hydrogen-bond acceptors (Lipinski definition) is 3. The van der Waals surface area contributed by atoms with E-state index in [1.165, 1.54) is 18.2 Å². The molecule has 1 amide bonds. The van der Waals surface area contributed by atoms with Crippen molar-refractivity contribution in [2.75, 3.05) is 5.32 Å². The molecule has 0 fully saturated rings. The van der Waals surface area contributed by atoms with Crippen LogP contribution in [0.3, 0.4) is 0 Å². The molecule has 0 aliphatic heterocycles. The predicted octanol–water partition coefficient (Wildman–Crippen LogP) is 4.54. The minimum atomic E-state index is -0.295. The monoisotopic (exact) mass is 395 g/mol. The Balaban J connectivity index is 1.82. The number of aryl methyl sites for hydroxylation is 2. The third-order valence-corrected chi connectivity index (χ3v) is 4.54. The second-order valence-electron chi connectivity index (χ2n) is 8.05. The quantitative estimate of drug-likeness (QED) is 0.660. The fraction of sp³-hybridized carbons (Fsp3) is 0.318. The summed E-state index contributed by atoms with van der Waals surface area (Å²) >= 11 is 0. The highest BCUT2D eigenvalue weighted by molar-refractivity contribution is 6.01. The maximum absolute atomic E-state index is 13.2. The molecule has 0 aliphatic rings.